The minimum Gasteiger partial charge on any atom is -0.330 e. The zero-order valence-corrected chi connectivity index (χ0v) is 22.0. The van der Waals surface area contributed by atoms with E-state index < -0.39 is 44.2 Å². The van der Waals surface area contributed by atoms with E-state index in [0.29, 0.717) is 25.5 Å². The maximum absolute atomic E-state index is 13.3. The van der Waals surface area contributed by atoms with Crippen LogP contribution in [0.15, 0.2) is 29.9 Å². The minimum absolute atomic E-state index is 0.321. The van der Waals surface area contributed by atoms with Crippen molar-refractivity contribution < 1.29 is 39.6 Å². The number of anilines is 1. The Morgan fingerprint density at radius 3 is 2.11 bits per heavy atom. The van der Waals surface area contributed by atoms with Crippen LogP contribution in [0.5, 0.6) is 0 Å². The molecule has 0 bridgehead atoms. The number of carbonyl (C=O) groups excluding carboxylic acids is 3. The van der Waals surface area contributed by atoms with E-state index in [2.05, 4.69) is 24.9 Å². The van der Waals surface area contributed by atoms with Crippen molar-refractivity contribution in [3.05, 3.63) is 52.1 Å². The summed E-state index contributed by atoms with van der Waals surface area (Å²) >= 11 is 0. The molecule has 1 heterocycles. The van der Waals surface area contributed by atoms with Crippen molar-refractivity contribution in [1.29, 1.82) is 0 Å². The largest absolute Gasteiger partial charge is 0.382 e. The monoisotopic (exact) mass is 568 g/mol. The Morgan fingerprint density at radius 2 is 1.53 bits per heavy atom. The van der Waals surface area contributed by atoms with Gasteiger partial charge in [0, 0.05) is 18.3 Å². The first-order valence-corrected chi connectivity index (χ1v) is 14.9. The number of fused-ring (bicyclic) bond motifs is 2. The van der Waals surface area contributed by atoms with Gasteiger partial charge in [0.05, 0.1) is 11.6 Å². The van der Waals surface area contributed by atoms with Crippen LogP contribution in [-0.4, -0.2) is 52.3 Å². The highest BCUT2D eigenvalue weighted by atomic mass is 32.2. The molecule has 0 radical (unpaired) electrons. The van der Waals surface area contributed by atoms with Gasteiger partial charge in [0.1, 0.15) is 0 Å². The number of likely N-dealkylation sites (tertiary alicyclic amines) is 1. The Kier molecular flexibility index (Phi) is 7.92. The second-order valence-electron chi connectivity index (χ2n) is 9.28. The molecule has 1 atom stereocenters. The average Bonchev–Trinajstić information content (AvgIpc) is 3.54. The van der Waals surface area contributed by atoms with Gasteiger partial charge in [0.15, 0.2) is 0 Å². The number of nitrogens with zero attached hydrogens (tertiary/aromatic N) is 1. The molecule has 2 amide bonds. The number of benzene rings is 1. The maximum atomic E-state index is 13.3. The van der Waals surface area contributed by atoms with Crippen LogP contribution in [0.4, 0.5) is 10.5 Å². The van der Waals surface area contributed by atoms with Crippen molar-refractivity contribution in [3.8, 4) is 0 Å². The summed E-state index contributed by atoms with van der Waals surface area (Å²) in [5, 5.41) is 12.5. The third-order valence-electron chi connectivity index (χ3n) is 6.66. The first kappa shape index (κ1) is 27.8. The Morgan fingerprint density at radius 1 is 0.921 bits per heavy atom. The Bertz CT molecular complexity index is 1420. The van der Waals surface area contributed by atoms with Crippen LogP contribution in [0.25, 0.3) is 0 Å². The van der Waals surface area contributed by atoms with E-state index in [4.69, 9.17) is 5.14 Å². The van der Waals surface area contributed by atoms with Crippen LogP contribution in [-0.2, 0) is 64.2 Å². The lowest BCUT2D eigenvalue weighted by Gasteiger charge is -2.25. The van der Waals surface area contributed by atoms with Crippen molar-refractivity contribution in [2.45, 2.75) is 57.4 Å². The van der Waals surface area contributed by atoms with Crippen LogP contribution in [0, 0.1) is 0 Å². The highest BCUT2D eigenvalue weighted by molar-refractivity contribution is 7.85. The van der Waals surface area contributed by atoms with Gasteiger partial charge in [0.2, 0.25) is 0 Å². The van der Waals surface area contributed by atoms with E-state index in [1.807, 2.05) is 0 Å². The molecular formula is C23H28N4O9S2. The molecule has 0 spiro atoms. The van der Waals surface area contributed by atoms with E-state index in [0.717, 1.165) is 50.3 Å². The second-order valence-corrected chi connectivity index (χ2v) is 11.6. The lowest BCUT2D eigenvalue weighted by molar-refractivity contribution is -0.131. The number of carbonyl (C=O) groups is 3. The number of amides is 2. The van der Waals surface area contributed by atoms with Gasteiger partial charge < -0.3 is 18.6 Å². The average molecular weight is 569 g/mol. The Hall–Kier alpha value is -3.27. The maximum Gasteiger partial charge on any atom is 0.382 e. The van der Waals surface area contributed by atoms with Gasteiger partial charge in [0.25, 0.3) is 0 Å². The zero-order chi connectivity index (χ0) is 27.7. The van der Waals surface area contributed by atoms with Gasteiger partial charge in [-0.3, -0.25) is 0 Å². The zero-order valence-electron chi connectivity index (χ0n) is 20.3. The van der Waals surface area contributed by atoms with E-state index in [1.165, 1.54) is 28.3 Å². The Balaban J connectivity index is 1.55. The topological polar surface area (TPSA) is 205 Å². The molecule has 1 saturated heterocycles. The van der Waals surface area contributed by atoms with Crippen LogP contribution < -0.4 is 15.6 Å². The standard InChI is InChI=1S/C23H28N4O9S2/c24-37(31,32)35-20(28)13-16(22(29)36-38(25,33)34)9-10-17-6-3-11-27(17)23(30)26-21-18-7-1-4-14(18)12-15-5-2-8-19(15)21/h9-10,12-13,17H,1-8,11H2,(H,26,30)(H2,24,31,32)(H2,25,33,34)/b10-9+,16-13-/t17-/m1/s1. The molecule has 2 aliphatic carbocycles. The van der Waals surface area contributed by atoms with Crippen molar-refractivity contribution in [2.75, 3.05) is 11.9 Å². The van der Waals surface area contributed by atoms with Gasteiger partial charge in [-0.25, -0.2) is 14.4 Å². The number of aryl methyl sites for hydroxylation is 2. The van der Waals surface area contributed by atoms with Crippen LogP contribution in [0.1, 0.15) is 47.9 Å². The third kappa shape index (κ3) is 6.78. The third-order valence-corrected chi connectivity index (χ3v) is 7.44. The summed E-state index contributed by atoms with van der Waals surface area (Å²) in [7, 11) is -9.43. The quantitative estimate of drug-likeness (QED) is 0.311. The van der Waals surface area contributed by atoms with Crippen LogP contribution in [0.2, 0.25) is 0 Å². The molecule has 0 saturated carbocycles. The van der Waals surface area contributed by atoms with Crippen molar-refractivity contribution in [3.63, 3.8) is 0 Å². The summed E-state index contributed by atoms with van der Waals surface area (Å²) in [4.78, 5) is 39.0. The van der Waals surface area contributed by atoms with Gasteiger partial charge in [-0.15, -0.1) is 0 Å². The smallest absolute Gasteiger partial charge is 0.330 e. The summed E-state index contributed by atoms with van der Waals surface area (Å²) in [6.45, 7) is 0.423. The summed E-state index contributed by atoms with van der Waals surface area (Å²) in [5.74, 6) is -3.12. The predicted molar refractivity (Wildman–Crippen MR) is 135 cm³/mol. The molecule has 15 heteroatoms. The van der Waals surface area contributed by atoms with E-state index in [-0.39, 0.29) is 6.03 Å². The fourth-order valence-corrected chi connectivity index (χ4v) is 5.78. The van der Waals surface area contributed by atoms with Gasteiger partial charge in [-0.05, 0) is 79.7 Å². The molecule has 206 valence electrons. The Labute approximate surface area is 220 Å². The first-order chi connectivity index (χ1) is 17.8. The molecule has 4 rings (SSSR count). The fraction of sp³-hybridized carbons (Fsp3) is 0.435. The van der Waals surface area contributed by atoms with E-state index in [1.54, 1.807) is 4.90 Å². The highest BCUT2D eigenvalue weighted by Crippen LogP contribution is 2.39. The number of hydrogen-bond acceptors (Lipinski definition) is 9. The SMILES string of the molecule is NS(=O)(=O)OC(=O)/C=C(/C=C/[C@H]1CCCN1C(=O)Nc1c2c(cc3c1CCC3)CCC2)C(=O)OS(N)(=O)=O. The van der Waals surface area contributed by atoms with Crippen LogP contribution in [0.3, 0.4) is 0 Å². The number of nitrogens with one attached hydrogen (secondary N) is 1. The number of urea groups is 1. The molecule has 0 aromatic heterocycles. The molecule has 0 unspecified atom stereocenters. The van der Waals surface area contributed by atoms with Gasteiger partial charge >= 0.3 is 38.6 Å². The molecule has 3 aliphatic rings. The highest BCUT2D eigenvalue weighted by Gasteiger charge is 2.31. The minimum atomic E-state index is -4.74. The summed E-state index contributed by atoms with van der Waals surface area (Å²) in [6, 6.07) is 1.43. The summed E-state index contributed by atoms with van der Waals surface area (Å²) < 4.78 is 52.4. The lowest BCUT2D eigenvalue weighted by Crippen LogP contribution is -2.38. The van der Waals surface area contributed by atoms with Crippen molar-refractivity contribution >= 4 is 44.3 Å². The molecule has 1 fully saturated rings. The van der Waals surface area contributed by atoms with Gasteiger partial charge in [-0.2, -0.15) is 27.1 Å². The molecule has 1 aromatic carbocycles. The lowest BCUT2D eigenvalue weighted by atomic mass is 9.99. The second kappa shape index (κ2) is 10.8. The summed E-state index contributed by atoms with van der Waals surface area (Å²) in [6.07, 6.45) is 9.85. The first-order valence-electron chi connectivity index (χ1n) is 12.0. The number of hydrogen-bond donors (Lipinski definition) is 3. The fourth-order valence-electron chi connectivity index (χ4n) is 5.20. The molecule has 13 nitrogen and oxygen atoms in total. The van der Waals surface area contributed by atoms with Crippen LogP contribution >= 0.6 is 0 Å². The van der Waals surface area contributed by atoms with E-state index >= 15 is 0 Å². The number of rotatable bonds is 7. The molecule has 38 heavy (non-hydrogen) atoms. The molecular weight excluding hydrogens is 540 g/mol. The van der Waals surface area contributed by atoms with Gasteiger partial charge in [-0.1, -0.05) is 12.1 Å². The molecule has 1 aliphatic heterocycles. The normalized spacial score (nSPS) is 19.4. The summed E-state index contributed by atoms with van der Waals surface area (Å²) in [5.41, 5.74) is 5.10. The van der Waals surface area contributed by atoms with Crippen molar-refractivity contribution in [1.82, 2.24) is 4.90 Å². The predicted octanol–water partition coefficient (Wildman–Crippen LogP) is 0.636. The number of nitrogens with two attached hydrogens (primary N) is 2. The molecule has 5 N–H and O–H groups in total. The molecule has 1 aromatic rings. The van der Waals surface area contributed by atoms with E-state index in [9.17, 15) is 31.2 Å². The van der Waals surface area contributed by atoms with Crippen molar-refractivity contribution in [2.24, 2.45) is 10.3 Å².